The maximum atomic E-state index is 12.4. The molecule has 0 aromatic heterocycles. The van der Waals surface area contributed by atoms with E-state index in [1.807, 2.05) is 20.0 Å². The van der Waals surface area contributed by atoms with E-state index in [-0.39, 0.29) is 11.5 Å². The molecule has 0 aliphatic heterocycles. The summed E-state index contributed by atoms with van der Waals surface area (Å²) in [4.78, 5) is 0.356. The largest absolute Gasteiger partial charge is 0.313 e. The van der Waals surface area contributed by atoms with E-state index in [0.29, 0.717) is 11.4 Å². The lowest BCUT2D eigenvalue weighted by Gasteiger charge is -2.16. The molecule has 2 rings (SSSR count). The monoisotopic (exact) mass is 310 g/mol. The summed E-state index contributed by atoms with van der Waals surface area (Å²) in [6, 6.07) is 7.29. The quantitative estimate of drug-likeness (QED) is 0.776. The van der Waals surface area contributed by atoms with E-state index in [9.17, 15) is 8.42 Å². The first-order chi connectivity index (χ1) is 9.92. The molecule has 1 unspecified atom stereocenters. The Hall–Kier alpha value is -0.910. The van der Waals surface area contributed by atoms with Crippen LogP contribution >= 0.6 is 0 Å². The third-order valence-corrected chi connectivity index (χ3v) is 5.87. The van der Waals surface area contributed by atoms with Crippen LogP contribution in [0.4, 0.5) is 0 Å². The van der Waals surface area contributed by atoms with Crippen molar-refractivity contribution in [3.05, 3.63) is 29.8 Å². The smallest absolute Gasteiger partial charge is 0.240 e. The van der Waals surface area contributed by atoms with Crippen LogP contribution in [0, 0.1) is 5.41 Å². The van der Waals surface area contributed by atoms with E-state index in [4.69, 9.17) is 0 Å². The summed E-state index contributed by atoms with van der Waals surface area (Å²) in [6.07, 6.45) is 4.49. The average molecular weight is 310 g/mol. The molecule has 0 radical (unpaired) electrons. The Labute approximate surface area is 128 Å². The van der Waals surface area contributed by atoms with Crippen molar-refractivity contribution in [2.24, 2.45) is 5.41 Å². The van der Waals surface area contributed by atoms with Crippen molar-refractivity contribution in [2.45, 2.75) is 50.5 Å². The fourth-order valence-corrected chi connectivity index (χ4v) is 3.88. The molecule has 0 spiro atoms. The zero-order chi connectivity index (χ0) is 15.5. The Kier molecular flexibility index (Phi) is 5.07. The Morgan fingerprint density at radius 2 is 2.05 bits per heavy atom. The van der Waals surface area contributed by atoms with Crippen LogP contribution in [0.15, 0.2) is 29.2 Å². The lowest BCUT2D eigenvalue weighted by molar-refractivity contribution is 0.449. The Bertz CT molecular complexity index is 580. The molecule has 1 atom stereocenters. The minimum atomic E-state index is -3.41. The number of rotatable bonds is 8. The van der Waals surface area contributed by atoms with E-state index in [2.05, 4.69) is 17.0 Å². The molecule has 1 saturated carbocycles. The summed E-state index contributed by atoms with van der Waals surface area (Å²) < 4.78 is 27.7. The summed E-state index contributed by atoms with van der Waals surface area (Å²) in [5, 5.41) is 3.13. The number of nitrogens with one attached hydrogen (secondary N) is 2. The highest BCUT2D eigenvalue weighted by atomic mass is 32.2. The van der Waals surface area contributed by atoms with Crippen molar-refractivity contribution in [1.29, 1.82) is 0 Å². The van der Waals surface area contributed by atoms with Gasteiger partial charge in [-0.05, 0) is 56.3 Å². The summed E-state index contributed by atoms with van der Waals surface area (Å²) >= 11 is 0. The summed E-state index contributed by atoms with van der Waals surface area (Å²) in [5.41, 5.74) is 1.20. The van der Waals surface area contributed by atoms with Gasteiger partial charge in [-0.15, -0.1) is 0 Å². The fourth-order valence-electron chi connectivity index (χ4n) is 2.67. The number of hydrogen-bond donors (Lipinski definition) is 2. The van der Waals surface area contributed by atoms with Gasteiger partial charge in [0.25, 0.3) is 0 Å². The number of hydrogen-bond acceptors (Lipinski definition) is 3. The van der Waals surface area contributed by atoms with Gasteiger partial charge in [0, 0.05) is 12.6 Å². The molecule has 1 aromatic carbocycles. The Balaban J connectivity index is 2.09. The summed E-state index contributed by atoms with van der Waals surface area (Å²) in [6.45, 7) is 4.73. The SMILES string of the molecule is CCCC1(CNS(=O)(=O)c2cccc(C(C)NC)c2)CC1. The van der Waals surface area contributed by atoms with Crippen LogP contribution in [0.5, 0.6) is 0 Å². The summed E-state index contributed by atoms with van der Waals surface area (Å²) in [7, 11) is -1.55. The molecule has 2 N–H and O–H groups in total. The molecular weight excluding hydrogens is 284 g/mol. The van der Waals surface area contributed by atoms with E-state index in [1.54, 1.807) is 18.2 Å². The molecule has 4 nitrogen and oxygen atoms in total. The standard InChI is InChI=1S/C16H26N2O2S/c1-4-8-16(9-10-16)12-18-21(19,20)15-7-5-6-14(11-15)13(2)17-3/h5-7,11,13,17-18H,4,8-10,12H2,1-3H3. The zero-order valence-electron chi connectivity index (χ0n) is 13.1. The van der Waals surface area contributed by atoms with E-state index in [1.165, 1.54) is 0 Å². The van der Waals surface area contributed by atoms with Gasteiger partial charge < -0.3 is 5.32 Å². The normalized spacial score (nSPS) is 18.4. The predicted octanol–water partition coefficient (Wildman–Crippen LogP) is 2.83. The highest BCUT2D eigenvalue weighted by Gasteiger charge is 2.42. The van der Waals surface area contributed by atoms with Gasteiger partial charge in [0.05, 0.1) is 4.90 Å². The van der Waals surface area contributed by atoms with Crippen LogP contribution in [-0.2, 0) is 10.0 Å². The highest BCUT2D eigenvalue weighted by molar-refractivity contribution is 7.89. The maximum Gasteiger partial charge on any atom is 0.240 e. The van der Waals surface area contributed by atoms with Gasteiger partial charge in [-0.3, -0.25) is 0 Å². The molecule has 21 heavy (non-hydrogen) atoms. The molecule has 1 aliphatic rings. The maximum absolute atomic E-state index is 12.4. The number of benzene rings is 1. The molecule has 0 heterocycles. The molecule has 0 bridgehead atoms. The highest BCUT2D eigenvalue weighted by Crippen LogP contribution is 2.49. The zero-order valence-corrected chi connectivity index (χ0v) is 14.0. The van der Waals surface area contributed by atoms with Crippen LogP contribution in [-0.4, -0.2) is 22.0 Å². The van der Waals surface area contributed by atoms with Gasteiger partial charge in [-0.25, -0.2) is 13.1 Å². The van der Waals surface area contributed by atoms with Gasteiger partial charge >= 0.3 is 0 Å². The molecule has 0 amide bonds. The van der Waals surface area contributed by atoms with Crippen molar-refractivity contribution in [2.75, 3.05) is 13.6 Å². The summed E-state index contributed by atoms with van der Waals surface area (Å²) in [5.74, 6) is 0. The van der Waals surface area contributed by atoms with Gasteiger partial charge in [0.2, 0.25) is 10.0 Å². The van der Waals surface area contributed by atoms with Gasteiger partial charge in [0.15, 0.2) is 0 Å². The van der Waals surface area contributed by atoms with Crippen LogP contribution in [0.1, 0.15) is 51.1 Å². The molecule has 1 fully saturated rings. The minimum Gasteiger partial charge on any atom is -0.313 e. The van der Waals surface area contributed by atoms with E-state index < -0.39 is 10.0 Å². The van der Waals surface area contributed by atoms with E-state index >= 15 is 0 Å². The molecule has 1 aromatic rings. The number of sulfonamides is 1. The molecular formula is C16H26N2O2S. The van der Waals surface area contributed by atoms with Gasteiger partial charge in [-0.1, -0.05) is 25.5 Å². The van der Waals surface area contributed by atoms with Gasteiger partial charge in [0.1, 0.15) is 0 Å². The Morgan fingerprint density at radius 1 is 1.33 bits per heavy atom. The van der Waals surface area contributed by atoms with Crippen molar-refractivity contribution in [3.8, 4) is 0 Å². The lowest BCUT2D eigenvalue weighted by atomic mass is 10.0. The second-order valence-corrected chi connectivity index (χ2v) is 7.92. The minimum absolute atomic E-state index is 0.134. The molecule has 5 heteroatoms. The third kappa shape index (κ3) is 4.05. The topological polar surface area (TPSA) is 58.2 Å². The van der Waals surface area contributed by atoms with Crippen LogP contribution in [0.2, 0.25) is 0 Å². The third-order valence-electron chi connectivity index (χ3n) is 4.48. The first-order valence-corrected chi connectivity index (χ1v) is 9.18. The van der Waals surface area contributed by atoms with Crippen molar-refractivity contribution in [3.63, 3.8) is 0 Å². The molecule has 0 saturated heterocycles. The first kappa shape index (κ1) is 16.5. The first-order valence-electron chi connectivity index (χ1n) is 7.69. The molecule has 1 aliphatic carbocycles. The average Bonchev–Trinajstić information content (AvgIpc) is 3.25. The van der Waals surface area contributed by atoms with Crippen molar-refractivity contribution >= 4 is 10.0 Å². The van der Waals surface area contributed by atoms with Crippen molar-refractivity contribution in [1.82, 2.24) is 10.0 Å². The second kappa shape index (κ2) is 6.46. The second-order valence-electron chi connectivity index (χ2n) is 6.16. The van der Waals surface area contributed by atoms with Crippen molar-refractivity contribution < 1.29 is 8.42 Å². The fraction of sp³-hybridized carbons (Fsp3) is 0.625. The van der Waals surface area contributed by atoms with Crippen LogP contribution < -0.4 is 10.0 Å². The Morgan fingerprint density at radius 3 is 2.62 bits per heavy atom. The predicted molar refractivity (Wildman–Crippen MR) is 85.7 cm³/mol. The van der Waals surface area contributed by atoms with Crippen LogP contribution in [0.25, 0.3) is 0 Å². The van der Waals surface area contributed by atoms with E-state index in [0.717, 1.165) is 31.2 Å². The lowest BCUT2D eigenvalue weighted by Crippen LogP contribution is -2.30. The van der Waals surface area contributed by atoms with Crippen LogP contribution in [0.3, 0.4) is 0 Å². The van der Waals surface area contributed by atoms with Gasteiger partial charge in [-0.2, -0.15) is 0 Å². The molecule has 118 valence electrons.